The predicted octanol–water partition coefficient (Wildman–Crippen LogP) is 2.90. The van der Waals surface area contributed by atoms with Crippen LogP contribution < -0.4 is 10.1 Å². The Morgan fingerprint density at radius 1 is 1.29 bits per heavy atom. The number of nitrogens with zero attached hydrogens (tertiary/aromatic N) is 1. The number of rotatable bonds is 6. The molecule has 21 heavy (non-hydrogen) atoms. The second kappa shape index (κ2) is 6.99. The highest BCUT2D eigenvalue weighted by Gasteiger charge is 2.13. The average molecular weight is 294 g/mol. The zero-order valence-corrected chi connectivity index (χ0v) is 11.5. The lowest BCUT2D eigenvalue weighted by molar-refractivity contribution is 0.186. The number of aromatic nitrogens is 1. The number of benzene rings is 1. The average Bonchev–Trinajstić information content (AvgIpc) is 2.46. The number of hydrogen-bond acceptors (Lipinski definition) is 4. The molecule has 112 valence electrons. The molecule has 0 radical (unpaired) electrons. The zero-order chi connectivity index (χ0) is 15.2. The van der Waals surface area contributed by atoms with Crippen molar-refractivity contribution in [2.75, 3.05) is 18.5 Å². The van der Waals surface area contributed by atoms with E-state index < -0.39 is 17.7 Å². The van der Waals surface area contributed by atoms with Gasteiger partial charge in [-0.15, -0.1) is 0 Å². The minimum absolute atomic E-state index is 0.0443. The summed E-state index contributed by atoms with van der Waals surface area (Å²) in [5.74, 6) is -0.936. The van der Waals surface area contributed by atoms with Gasteiger partial charge in [-0.25, -0.2) is 13.8 Å². The summed E-state index contributed by atoms with van der Waals surface area (Å²) in [5.41, 5.74) is 0.711. The van der Waals surface area contributed by atoms with Crippen LogP contribution in [0.15, 0.2) is 36.5 Å². The molecule has 0 spiro atoms. The number of hydrogen-bond donors (Lipinski definition) is 2. The first-order chi connectivity index (χ1) is 10.1. The Morgan fingerprint density at radius 3 is 2.71 bits per heavy atom. The number of nitrogens with one attached hydrogen (secondary N) is 1. The molecule has 2 N–H and O–H groups in total. The number of ether oxygens (including phenoxy) is 1. The van der Waals surface area contributed by atoms with E-state index in [4.69, 9.17) is 4.74 Å². The van der Waals surface area contributed by atoms with E-state index >= 15 is 0 Å². The summed E-state index contributed by atoms with van der Waals surface area (Å²) in [6.45, 7) is 2.47. The van der Waals surface area contributed by atoms with Gasteiger partial charge in [0.2, 0.25) is 5.88 Å². The molecule has 4 nitrogen and oxygen atoms in total. The Labute approximate surface area is 121 Å². The van der Waals surface area contributed by atoms with Crippen LogP contribution in [0.3, 0.4) is 0 Å². The maximum absolute atomic E-state index is 13.5. The van der Waals surface area contributed by atoms with Gasteiger partial charge >= 0.3 is 0 Å². The molecule has 0 bridgehead atoms. The van der Waals surface area contributed by atoms with Gasteiger partial charge in [-0.2, -0.15) is 0 Å². The van der Waals surface area contributed by atoms with Crippen molar-refractivity contribution in [3.05, 3.63) is 53.7 Å². The third-order valence-corrected chi connectivity index (χ3v) is 2.85. The fourth-order valence-corrected chi connectivity index (χ4v) is 1.81. The van der Waals surface area contributed by atoms with Crippen LogP contribution in [-0.2, 0) is 0 Å². The molecule has 1 atom stereocenters. The maximum Gasteiger partial charge on any atom is 0.213 e. The van der Waals surface area contributed by atoms with Crippen molar-refractivity contribution in [2.45, 2.75) is 13.0 Å². The van der Waals surface area contributed by atoms with Crippen molar-refractivity contribution < 1.29 is 18.6 Å². The zero-order valence-electron chi connectivity index (χ0n) is 11.5. The molecule has 2 rings (SSSR count). The molecule has 0 amide bonds. The van der Waals surface area contributed by atoms with E-state index in [2.05, 4.69) is 10.3 Å². The second-order valence-corrected chi connectivity index (χ2v) is 4.38. The highest BCUT2D eigenvalue weighted by atomic mass is 19.1. The van der Waals surface area contributed by atoms with Gasteiger partial charge in [0.15, 0.2) is 0 Å². The van der Waals surface area contributed by atoms with Crippen LogP contribution >= 0.6 is 0 Å². The summed E-state index contributed by atoms with van der Waals surface area (Å²) in [6, 6.07) is 6.52. The van der Waals surface area contributed by atoms with Crippen LogP contribution in [-0.4, -0.2) is 23.2 Å². The van der Waals surface area contributed by atoms with Crippen LogP contribution in [0.4, 0.5) is 14.5 Å². The summed E-state index contributed by atoms with van der Waals surface area (Å²) < 4.78 is 31.5. The standard InChI is InChI=1S/C15H16F2N2O2/c1-2-21-15-6-4-11(8-19-15)18-9-14(20)12-5-3-10(16)7-13(12)17/h3-8,14,18,20H,2,9H2,1H3. The first-order valence-electron chi connectivity index (χ1n) is 6.56. The maximum atomic E-state index is 13.5. The van der Waals surface area contributed by atoms with Gasteiger partial charge in [0.25, 0.3) is 0 Å². The van der Waals surface area contributed by atoms with Crippen molar-refractivity contribution in [3.8, 4) is 5.88 Å². The molecule has 1 aromatic carbocycles. The molecule has 0 saturated heterocycles. The van der Waals surface area contributed by atoms with E-state index in [9.17, 15) is 13.9 Å². The Hall–Kier alpha value is -2.21. The molecule has 0 saturated carbocycles. The van der Waals surface area contributed by atoms with Crippen molar-refractivity contribution in [3.63, 3.8) is 0 Å². The van der Waals surface area contributed by atoms with Crippen LogP contribution in [0, 0.1) is 11.6 Å². The topological polar surface area (TPSA) is 54.4 Å². The van der Waals surface area contributed by atoms with Crippen molar-refractivity contribution in [2.24, 2.45) is 0 Å². The highest BCUT2D eigenvalue weighted by molar-refractivity contribution is 5.42. The van der Waals surface area contributed by atoms with E-state index in [-0.39, 0.29) is 12.1 Å². The lowest BCUT2D eigenvalue weighted by Gasteiger charge is -2.14. The van der Waals surface area contributed by atoms with Crippen LogP contribution in [0.1, 0.15) is 18.6 Å². The van der Waals surface area contributed by atoms with Gasteiger partial charge in [-0.05, 0) is 19.1 Å². The monoisotopic (exact) mass is 294 g/mol. The van der Waals surface area contributed by atoms with Crippen LogP contribution in [0.5, 0.6) is 5.88 Å². The Balaban J connectivity index is 1.95. The Kier molecular flexibility index (Phi) is 5.05. The summed E-state index contributed by atoms with van der Waals surface area (Å²) in [7, 11) is 0. The van der Waals surface area contributed by atoms with Gasteiger partial charge in [-0.1, -0.05) is 6.07 Å². The number of aliphatic hydroxyl groups excluding tert-OH is 1. The summed E-state index contributed by atoms with van der Waals surface area (Å²) in [4.78, 5) is 4.06. The fraction of sp³-hybridized carbons (Fsp3) is 0.267. The van der Waals surface area contributed by atoms with Gasteiger partial charge < -0.3 is 15.2 Å². The third kappa shape index (κ3) is 4.13. The van der Waals surface area contributed by atoms with Crippen molar-refractivity contribution in [1.82, 2.24) is 4.98 Å². The quantitative estimate of drug-likeness (QED) is 0.860. The molecular weight excluding hydrogens is 278 g/mol. The molecule has 0 aliphatic rings. The molecule has 1 unspecified atom stereocenters. The SMILES string of the molecule is CCOc1ccc(NCC(O)c2ccc(F)cc2F)cn1. The minimum Gasteiger partial charge on any atom is -0.478 e. The number of pyridine rings is 1. The Morgan fingerprint density at radius 2 is 2.10 bits per heavy atom. The van der Waals surface area contributed by atoms with Crippen molar-refractivity contribution in [1.29, 1.82) is 0 Å². The van der Waals surface area contributed by atoms with Crippen LogP contribution in [0.2, 0.25) is 0 Å². The number of halogens is 2. The van der Waals surface area contributed by atoms with Crippen molar-refractivity contribution >= 4 is 5.69 Å². The molecule has 6 heteroatoms. The van der Waals surface area contributed by atoms with Crippen LogP contribution in [0.25, 0.3) is 0 Å². The molecule has 0 aliphatic heterocycles. The number of aliphatic hydroxyl groups is 1. The van der Waals surface area contributed by atoms with Gasteiger partial charge in [0.1, 0.15) is 11.6 Å². The lowest BCUT2D eigenvalue weighted by atomic mass is 10.1. The smallest absolute Gasteiger partial charge is 0.213 e. The minimum atomic E-state index is -1.09. The van der Waals surface area contributed by atoms with E-state index in [1.807, 2.05) is 6.92 Å². The molecule has 2 aromatic rings. The molecule has 0 fully saturated rings. The summed E-state index contributed by atoms with van der Waals surface area (Å²) in [5, 5.41) is 12.8. The number of anilines is 1. The van der Waals surface area contributed by atoms with E-state index in [0.29, 0.717) is 18.2 Å². The first kappa shape index (κ1) is 15.2. The summed E-state index contributed by atoms with van der Waals surface area (Å²) >= 11 is 0. The Bertz CT molecular complexity index is 591. The largest absolute Gasteiger partial charge is 0.478 e. The summed E-state index contributed by atoms with van der Waals surface area (Å²) in [6.07, 6.45) is 0.468. The van der Waals surface area contributed by atoms with Gasteiger partial charge in [-0.3, -0.25) is 0 Å². The van der Waals surface area contributed by atoms with E-state index in [1.165, 1.54) is 6.07 Å². The van der Waals surface area contributed by atoms with Gasteiger partial charge in [0, 0.05) is 24.2 Å². The molecule has 1 heterocycles. The fourth-order valence-electron chi connectivity index (χ4n) is 1.81. The second-order valence-electron chi connectivity index (χ2n) is 4.38. The lowest BCUT2D eigenvalue weighted by Crippen LogP contribution is -2.13. The highest BCUT2D eigenvalue weighted by Crippen LogP contribution is 2.19. The molecule has 0 aliphatic carbocycles. The third-order valence-electron chi connectivity index (χ3n) is 2.85. The van der Waals surface area contributed by atoms with E-state index in [0.717, 1.165) is 12.1 Å². The van der Waals surface area contributed by atoms with E-state index in [1.54, 1.807) is 18.3 Å². The normalized spacial score (nSPS) is 12.0. The first-order valence-corrected chi connectivity index (χ1v) is 6.56. The molecular formula is C15H16F2N2O2. The predicted molar refractivity (Wildman–Crippen MR) is 75.2 cm³/mol. The van der Waals surface area contributed by atoms with Gasteiger partial charge in [0.05, 0.1) is 24.6 Å². The molecule has 1 aromatic heterocycles.